The zero-order valence-electron chi connectivity index (χ0n) is 17.3. The van der Waals surface area contributed by atoms with E-state index >= 15 is 0 Å². The van der Waals surface area contributed by atoms with Gasteiger partial charge in [-0.05, 0) is 62.3 Å². The molecule has 8 heteroatoms. The largest absolute Gasteiger partial charge is 0.351 e. The van der Waals surface area contributed by atoms with Gasteiger partial charge in [0.15, 0.2) is 0 Å². The van der Waals surface area contributed by atoms with Crippen molar-refractivity contribution < 1.29 is 13.2 Å². The molecule has 1 N–H and O–H groups in total. The molecule has 1 aliphatic heterocycles. The molecule has 0 aliphatic carbocycles. The minimum atomic E-state index is -3.73. The third-order valence-corrected chi connectivity index (χ3v) is 7.58. The maximum Gasteiger partial charge on any atom is 0.243 e. The van der Waals surface area contributed by atoms with Crippen LogP contribution in [0, 0.1) is 0 Å². The number of piperidine rings is 1. The number of amides is 1. The number of carbonyl (C=O) groups excluding carboxylic acids is 1. The molecule has 1 heterocycles. The van der Waals surface area contributed by atoms with Crippen LogP contribution in [-0.4, -0.2) is 50.2 Å². The van der Waals surface area contributed by atoms with E-state index in [2.05, 4.69) is 38.3 Å². The lowest BCUT2D eigenvalue weighted by molar-refractivity contribution is -0.125. The maximum atomic E-state index is 13.2. The Balaban J connectivity index is 1.71. The van der Waals surface area contributed by atoms with E-state index in [0.717, 1.165) is 29.4 Å². The van der Waals surface area contributed by atoms with E-state index in [4.69, 9.17) is 0 Å². The number of rotatable bonds is 7. The molecule has 0 saturated carbocycles. The Kier molecular flexibility index (Phi) is 7.68. The van der Waals surface area contributed by atoms with Gasteiger partial charge < -0.3 is 10.2 Å². The Hall–Kier alpha value is -1.74. The molecule has 6 nitrogen and oxygen atoms in total. The van der Waals surface area contributed by atoms with Crippen LogP contribution in [0.1, 0.15) is 30.4 Å². The average molecular weight is 494 g/mol. The molecule has 1 fully saturated rings. The molecule has 0 unspecified atom stereocenters. The van der Waals surface area contributed by atoms with Gasteiger partial charge in [-0.25, -0.2) is 8.42 Å². The summed E-state index contributed by atoms with van der Waals surface area (Å²) in [5, 5.41) is 2.95. The van der Waals surface area contributed by atoms with Gasteiger partial charge in [0.1, 0.15) is 6.04 Å². The van der Waals surface area contributed by atoms with E-state index < -0.39 is 16.1 Å². The fourth-order valence-electron chi connectivity index (χ4n) is 3.71. The fraction of sp³-hybridized carbons (Fsp3) is 0.409. The molecule has 162 valence electrons. The van der Waals surface area contributed by atoms with Crippen LogP contribution in [0.3, 0.4) is 0 Å². The van der Waals surface area contributed by atoms with Crippen LogP contribution in [0.5, 0.6) is 0 Å². The first-order valence-electron chi connectivity index (χ1n) is 10.0. The molecule has 3 rings (SSSR count). The van der Waals surface area contributed by atoms with Gasteiger partial charge in [-0.2, -0.15) is 4.31 Å². The molecule has 1 aliphatic rings. The Bertz CT molecular complexity index is 977. The lowest BCUT2D eigenvalue weighted by Gasteiger charge is -2.33. The molecular formula is C22H28BrN3O3S. The topological polar surface area (TPSA) is 69.7 Å². The Labute approximate surface area is 187 Å². The number of sulfonamides is 1. The van der Waals surface area contributed by atoms with Crippen LogP contribution in [0.15, 0.2) is 57.9 Å². The molecule has 2 aromatic carbocycles. The molecule has 30 heavy (non-hydrogen) atoms. The Morgan fingerprint density at radius 2 is 1.83 bits per heavy atom. The third kappa shape index (κ3) is 5.69. The Morgan fingerprint density at radius 1 is 1.13 bits per heavy atom. The second kappa shape index (κ2) is 10.0. The minimum Gasteiger partial charge on any atom is -0.351 e. The first kappa shape index (κ1) is 22.9. The van der Waals surface area contributed by atoms with Crippen molar-refractivity contribution in [1.29, 1.82) is 0 Å². The zero-order valence-corrected chi connectivity index (χ0v) is 19.7. The van der Waals surface area contributed by atoms with E-state index in [9.17, 15) is 13.2 Å². The summed E-state index contributed by atoms with van der Waals surface area (Å²) in [6.07, 6.45) is 2.12. The first-order chi connectivity index (χ1) is 14.3. The highest BCUT2D eigenvalue weighted by Crippen LogP contribution is 2.26. The molecule has 0 aromatic heterocycles. The van der Waals surface area contributed by atoms with Crippen LogP contribution in [-0.2, 0) is 27.9 Å². The van der Waals surface area contributed by atoms with Gasteiger partial charge in [-0.15, -0.1) is 0 Å². The predicted octanol–water partition coefficient (Wildman–Crippen LogP) is 3.37. The number of hydrogen-bond donors (Lipinski definition) is 1. The van der Waals surface area contributed by atoms with Crippen LogP contribution in [0.25, 0.3) is 0 Å². The maximum absolute atomic E-state index is 13.2. The Morgan fingerprint density at radius 3 is 2.53 bits per heavy atom. The smallest absolute Gasteiger partial charge is 0.243 e. The summed E-state index contributed by atoms with van der Waals surface area (Å²) < 4.78 is 28.5. The molecule has 0 bridgehead atoms. The first-order valence-corrected chi connectivity index (χ1v) is 12.3. The summed E-state index contributed by atoms with van der Waals surface area (Å²) in [5.41, 5.74) is 2.17. The molecule has 0 spiro atoms. The summed E-state index contributed by atoms with van der Waals surface area (Å²) in [6, 6.07) is 13.9. The summed E-state index contributed by atoms with van der Waals surface area (Å²) in [5.74, 6) is -0.242. The lowest BCUT2D eigenvalue weighted by atomic mass is 10.0. The van der Waals surface area contributed by atoms with Crippen LogP contribution >= 0.6 is 15.9 Å². The van der Waals surface area contributed by atoms with Gasteiger partial charge in [-0.3, -0.25) is 4.79 Å². The van der Waals surface area contributed by atoms with E-state index in [1.165, 1.54) is 9.87 Å². The van der Waals surface area contributed by atoms with Gasteiger partial charge >= 0.3 is 0 Å². The van der Waals surface area contributed by atoms with Gasteiger partial charge in [0.05, 0.1) is 4.90 Å². The highest BCUT2D eigenvalue weighted by Gasteiger charge is 2.37. The van der Waals surface area contributed by atoms with E-state index in [1.54, 1.807) is 24.3 Å². The highest BCUT2D eigenvalue weighted by molar-refractivity contribution is 9.10. The van der Waals surface area contributed by atoms with Crippen LogP contribution < -0.4 is 5.32 Å². The highest BCUT2D eigenvalue weighted by atomic mass is 79.9. The molecule has 1 amide bonds. The lowest BCUT2D eigenvalue weighted by Crippen LogP contribution is -2.51. The van der Waals surface area contributed by atoms with Crippen molar-refractivity contribution in [1.82, 2.24) is 14.5 Å². The second-order valence-corrected chi connectivity index (χ2v) is 10.7. The average Bonchev–Trinajstić information content (AvgIpc) is 2.72. The van der Waals surface area contributed by atoms with Crippen molar-refractivity contribution in [3.8, 4) is 0 Å². The van der Waals surface area contributed by atoms with E-state index in [-0.39, 0.29) is 10.8 Å². The van der Waals surface area contributed by atoms with Crippen LogP contribution in [0.2, 0.25) is 0 Å². The van der Waals surface area contributed by atoms with E-state index in [0.29, 0.717) is 19.5 Å². The van der Waals surface area contributed by atoms with Crippen molar-refractivity contribution in [3.63, 3.8) is 0 Å². The number of halogens is 1. The van der Waals surface area contributed by atoms with E-state index in [1.807, 2.05) is 26.2 Å². The minimum absolute atomic E-state index is 0.210. The quantitative estimate of drug-likeness (QED) is 0.641. The van der Waals surface area contributed by atoms with Gasteiger partial charge in [0.25, 0.3) is 0 Å². The summed E-state index contributed by atoms with van der Waals surface area (Å²) in [4.78, 5) is 15.2. The number of benzene rings is 2. The normalized spacial score (nSPS) is 17.8. The number of nitrogens with one attached hydrogen (secondary N) is 1. The molecule has 0 radical (unpaired) electrons. The van der Waals surface area contributed by atoms with Crippen molar-refractivity contribution in [2.24, 2.45) is 0 Å². The third-order valence-electron chi connectivity index (χ3n) is 5.13. The predicted molar refractivity (Wildman–Crippen MR) is 121 cm³/mol. The van der Waals surface area contributed by atoms with Crippen molar-refractivity contribution in [2.45, 2.75) is 43.3 Å². The molecular weight excluding hydrogens is 466 g/mol. The van der Waals surface area contributed by atoms with Crippen molar-refractivity contribution in [3.05, 3.63) is 64.1 Å². The van der Waals surface area contributed by atoms with Crippen LogP contribution in [0.4, 0.5) is 0 Å². The zero-order chi connectivity index (χ0) is 21.7. The number of hydrogen-bond acceptors (Lipinski definition) is 4. The number of nitrogens with zero attached hydrogens (tertiary/aromatic N) is 2. The molecule has 2 aromatic rings. The summed E-state index contributed by atoms with van der Waals surface area (Å²) in [6.45, 7) is 1.56. The van der Waals surface area contributed by atoms with Crippen molar-refractivity contribution >= 4 is 31.9 Å². The standard InChI is InChI=1S/C22H28BrN3O3S/c1-25(2)16-18-7-5-6-17(14-18)15-24-22(27)21-8-3-4-13-26(21)30(28,29)20-11-9-19(23)10-12-20/h5-7,9-12,14,21H,3-4,8,13,15-16H2,1-2H3,(H,24,27)/t21-/m0/s1. The fourth-order valence-corrected chi connectivity index (χ4v) is 5.63. The van der Waals surface area contributed by atoms with Gasteiger partial charge in [-0.1, -0.05) is 46.6 Å². The number of carbonyl (C=O) groups is 1. The molecule has 1 atom stereocenters. The monoisotopic (exact) mass is 493 g/mol. The van der Waals surface area contributed by atoms with Gasteiger partial charge in [0, 0.05) is 24.1 Å². The second-order valence-electron chi connectivity index (χ2n) is 7.86. The summed E-state index contributed by atoms with van der Waals surface area (Å²) in [7, 11) is 0.294. The summed E-state index contributed by atoms with van der Waals surface area (Å²) >= 11 is 3.33. The van der Waals surface area contributed by atoms with Gasteiger partial charge in [0.2, 0.25) is 15.9 Å². The van der Waals surface area contributed by atoms with Crippen molar-refractivity contribution in [2.75, 3.05) is 20.6 Å². The SMILES string of the molecule is CN(C)Cc1cccc(CNC(=O)[C@@H]2CCCCN2S(=O)(=O)c2ccc(Br)cc2)c1. The molecule has 1 saturated heterocycles.